The fourth-order valence-corrected chi connectivity index (χ4v) is 4.39. The second kappa shape index (κ2) is 9.13. The minimum atomic E-state index is -4.56. The van der Waals surface area contributed by atoms with Gasteiger partial charge in [0.2, 0.25) is 0 Å². The van der Waals surface area contributed by atoms with Gasteiger partial charge in [-0.25, -0.2) is 4.79 Å². The number of alkyl halides is 3. The molecule has 1 amide bonds. The summed E-state index contributed by atoms with van der Waals surface area (Å²) in [5, 5.41) is 13.8. The predicted octanol–water partition coefficient (Wildman–Crippen LogP) is 5.61. The number of hydrogen-bond donors (Lipinski definition) is 2. The quantitative estimate of drug-likeness (QED) is 0.466. The zero-order valence-corrected chi connectivity index (χ0v) is 18.5. The van der Waals surface area contributed by atoms with Crippen molar-refractivity contribution in [1.82, 2.24) is 10.3 Å². The number of halogens is 4. The van der Waals surface area contributed by atoms with Crippen molar-refractivity contribution >= 4 is 34.2 Å². The van der Waals surface area contributed by atoms with Crippen LogP contribution in [-0.2, 0) is 17.6 Å². The SMILES string of the molecule is O=C(NC1(C(=O)O)CCCC1)c1cc(Cl)c2ccccc2c1OCc1ccc(C(F)(F)F)nc1. The largest absolute Gasteiger partial charge is 0.487 e. The average Bonchev–Trinajstić information content (AvgIpc) is 3.28. The lowest BCUT2D eigenvalue weighted by Gasteiger charge is -2.26. The molecule has 0 saturated heterocycles. The van der Waals surface area contributed by atoms with Crippen LogP contribution in [0.1, 0.15) is 47.3 Å². The number of hydrogen-bond acceptors (Lipinski definition) is 4. The van der Waals surface area contributed by atoms with Gasteiger partial charge in [0.05, 0.1) is 5.56 Å². The van der Waals surface area contributed by atoms with E-state index in [9.17, 15) is 27.9 Å². The fourth-order valence-electron chi connectivity index (χ4n) is 4.12. The minimum absolute atomic E-state index is 0.0381. The number of rotatable bonds is 6. The summed E-state index contributed by atoms with van der Waals surface area (Å²) >= 11 is 6.40. The van der Waals surface area contributed by atoms with Gasteiger partial charge in [-0.2, -0.15) is 13.2 Å². The molecule has 3 aromatic rings. The summed E-state index contributed by atoms with van der Waals surface area (Å²) in [6.45, 7) is -0.166. The van der Waals surface area contributed by atoms with Crippen molar-refractivity contribution < 1.29 is 32.6 Å². The number of carboxylic acids is 1. The first-order chi connectivity index (χ1) is 16.1. The van der Waals surface area contributed by atoms with Gasteiger partial charge in [-0.15, -0.1) is 0 Å². The molecule has 1 heterocycles. The van der Waals surface area contributed by atoms with Crippen LogP contribution in [0.25, 0.3) is 10.8 Å². The summed E-state index contributed by atoms with van der Waals surface area (Å²) in [6.07, 6.45) is -1.54. The van der Waals surface area contributed by atoms with Gasteiger partial charge in [-0.3, -0.25) is 9.78 Å². The molecule has 1 aliphatic carbocycles. The van der Waals surface area contributed by atoms with Crippen LogP contribution in [0.4, 0.5) is 13.2 Å². The van der Waals surface area contributed by atoms with Gasteiger partial charge in [0.15, 0.2) is 0 Å². The lowest BCUT2D eigenvalue weighted by atomic mass is 9.96. The maximum atomic E-state index is 13.2. The van der Waals surface area contributed by atoms with E-state index in [2.05, 4.69) is 10.3 Å². The van der Waals surface area contributed by atoms with Gasteiger partial charge in [-0.1, -0.05) is 54.8 Å². The Morgan fingerprint density at radius 1 is 1.12 bits per heavy atom. The van der Waals surface area contributed by atoms with Crippen molar-refractivity contribution in [3.8, 4) is 5.75 Å². The predicted molar refractivity (Wildman–Crippen MR) is 119 cm³/mol. The lowest BCUT2D eigenvalue weighted by Crippen LogP contribution is -2.52. The van der Waals surface area contributed by atoms with Gasteiger partial charge >= 0.3 is 12.1 Å². The third kappa shape index (κ3) is 4.65. The van der Waals surface area contributed by atoms with Crippen molar-refractivity contribution in [2.75, 3.05) is 0 Å². The standard InChI is InChI=1S/C24H20ClF3N2O4/c25-18-11-17(21(31)30-23(22(32)33)9-3-4-10-23)20(16-6-2-1-5-15(16)18)34-13-14-7-8-19(29-12-14)24(26,27)28/h1-2,5-8,11-12H,3-4,9-10,13H2,(H,30,31)(H,32,33). The van der Waals surface area contributed by atoms with Crippen LogP contribution in [0.15, 0.2) is 48.7 Å². The first-order valence-corrected chi connectivity index (χ1v) is 10.9. The second-order valence-electron chi connectivity index (χ2n) is 8.17. The number of aliphatic carboxylic acids is 1. The van der Waals surface area contributed by atoms with Crippen molar-refractivity contribution in [1.29, 1.82) is 0 Å². The molecule has 2 N–H and O–H groups in total. The third-order valence-electron chi connectivity index (χ3n) is 5.91. The van der Waals surface area contributed by atoms with E-state index in [0.717, 1.165) is 12.3 Å². The van der Waals surface area contributed by atoms with Crippen molar-refractivity contribution in [2.45, 2.75) is 44.0 Å². The number of carbonyl (C=O) groups excluding carboxylic acids is 1. The number of fused-ring (bicyclic) bond motifs is 1. The highest BCUT2D eigenvalue weighted by atomic mass is 35.5. The molecule has 0 atom stereocenters. The van der Waals surface area contributed by atoms with Gasteiger partial charge < -0.3 is 15.2 Å². The fraction of sp³-hybridized carbons (Fsp3) is 0.292. The number of nitrogens with zero attached hydrogens (tertiary/aromatic N) is 1. The van der Waals surface area contributed by atoms with E-state index in [0.29, 0.717) is 42.0 Å². The summed E-state index contributed by atoms with van der Waals surface area (Å²) in [5.74, 6) is -1.61. The molecular formula is C24H20ClF3N2O4. The highest BCUT2D eigenvalue weighted by Crippen LogP contribution is 2.37. The monoisotopic (exact) mass is 492 g/mol. The molecule has 6 nitrogen and oxygen atoms in total. The van der Waals surface area contributed by atoms with Gasteiger partial charge in [0, 0.05) is 27.6 Å². The summed E-state index contributed by atoms with van der Waals surface area (Å²) < 4.78 is 44.3. The summed E-state index contributed by atoms with van der Waals surface area (Å²) in [7, 11) is 0. The Labute approximate surface area is 197 Å². The van der Waals surface area contributed by atoms with Crippen LogP contribution in [0, 0.1) is 0 Å². The number of carboxylic acid groups (broad SMARTS) is 1. The van der Waals surface area contributed by atoms with Crippen LogP contribution in [-0.4, -0.2) is 27.5 Å². The van der Waals surface area contributed by atoms with Crippen molar-refractivity contribution in [3.63, 3.8) is 0 Å². The molecule has 0 unspecified atom stereocenters. The van der Waals surface area contributed by atoms with Crippen molar-refractivity contribution in [3.05, 3.63) is 70.5 Å². The van der Waals surface area contributed by atoms with Gasteiger partial charge in [0.1, 0.15) is 23.6 Å². The Bertz CT molecular complexity index is 1240. The van der Waals surface area contributed by atoms with Crippen LogP contribution in [0.5, 0.6) is 5.75 Å². The van der Waals surface area contributed by atoms with E-state index in [1.807, 2.05) is 0 Å². The van der Waals surface area contributed by atoms with E-state index < -0.39 is 29.3 Å². The van der Waals surface area contributed by atoms with Crippen LogP contribution in [0.3, 0.4) is 0 Å². The van der Waals surface area contributed by atoms with E-state index in [1.165, 1.54) is 12.1 Å². The Hall–Kier alpha value is -3.33. The molecule has 0 aliphatic heterocycles. The van der Waals surface area contributed by atoms with Gasteiger partial charge in [-0.05, 0) is 25.0 Å². The molecule has 34 heavy (non-hydrogen) atoms. The Kier molecular flexibility index (Phi) is 6.40. The van der Waals surface area contributed by atoms with Crippen LogP contribution < -0.4 is 10.1 Å². The molecule has 0 spiro atoms. The second-order valence-corrected chi connectivity index (χ2v) is 8.57. The van der Waals surface area contributed by atoms with Gasteiger partial charge in [0.25, 0.3) is 5.91 Å². The Morgan fingerprint density at radius 2 is 1.79 bits per heavy atom. The normalized spacial score (nSPS) is 15.3. The highest BCUT2D eigenvalue weighted by Gasteiger charge is 2.43. The first kappa shape index (κ1) is 23.8. The number of ether oxygens (including phenoxy) is 1. The number of carbonyl (C=O) groups is 2. The topological polar surface area (TPSA) is 88.5 Å². The maximum Gasteiger partial charge on any atom is 0.433 e. The highest BCUT2D eigenvalue weighted by molar-refractivity contribution is 6.36. The molecule has 0 bridgehead atoms. The van der Waals surface area contributed by atoms with Crippen LogP contribution >= 0.6 is 11.6 Å². The Morgan fingerprint density at radius 3 is 2.38 bits per heavy atom. The number of aromatic nitrogens is 1. The molecule has 2 aromatic carbocycles. The smallest absolute Gasteiger partial charge is 0.433 e. The van der Waals surface area contributed by atoms with E-state index in [4.69, 9.17) is 16.3 Å². The van der Waals surface area contributed by atoms with E-state index >= 15 is 0 Å². The van der Waals surface area contributed by atoms with E-state index in [-0.39, 0.29) is 22.9 Å². The molecule has 10 heteroatoms. The third-order valence-corrected chi connectivity index (χ3v) is 6.22. The molecule has 1 fully saturated rings. The van der Waals surface area contributed by atoms with Crippen molar-refractivity contribution in [2.24, 2.45) is 0 Å². The minimum Gasteiger partial charge on any atom is -0.487 e. The number of nitrogens with one attached hydrogen (secondary N) is 1. The zero-order valence-electron chi connectivity index (χ0n) is 17.8. The molecule has 1 aromatic heterocycles. The molecule has 1 aliphatic rings. The molecular weight excluding hydrogens is 473 g/mol. The molecule has 1 saturated carbocycles. The average molecular weight is 493 g/mol. The lowest BCUT2D eigenvalue weighted by molar-refractivity contribution is -0.144. The molecule has 0 radical (unpaired) electrons. The number of benzene rings is 2. The maximum absolute atomic E-state index is 13.2. The molecule has 4 rings (SSSR count). The molecule has 178 valence electrons. The number of pyridine rings is 1. The summed E-state index contributed by atoms with van der Waals surface area (Å²) in [6, 6.07) is 10.4. The first-order valence-electron chi connectivity index (χ1n) is 10.5. The Balaban J connectivity index is 1.68. The van der Waals surface area contributed by atoms with Crippen LogP contribution in [0.2, 0.25) is 5.02 Å². The summed E-state index contributed by atoms with van der Waals surface area (Å²) in [4.78, 5) is 28.6. The summed E-state index contributed by atoms with van der Waals surface area (Å²) in [5.41, 5.74) is -2.00. The number of amides is 1. The zero-order chi connectivity index (χ0) is 24.5. The van der Waals surface area contributed by atoms with E-state index in [1.54, 1.807) is 24.3 Å².